The average Bonchev–Trinajstić information content (AvgIpc) is 2.41. The molecule has 1 aromatic carbocycles. The monoisotopic (exact) mass is 222 g/mol. The molecule has 0 heteroatoms. The van der Waals surface area contributed by atoms with Gasteiger partial charge in [-0.3, -0.25) is 0 Å². The summed E-state index contributed by atoms with van der Waals surface area (Å²) in [6.45, 7) is 12.5. The minimum Gasteiger partial charge on any atom is -0.0683 e. The lowest BCUT2D eigenvalue weighted by Gasteiger charge is -2.05. The third kappa shape index (κ3) is 7.50. The molecule has 0 atom stereocenters. The Bertz CT molecular complexity index is 225. The molecule has 0 aliphatic rings. The quantitative estimate of drug-likeness (QED) is 0.618. The standard InChI is InChI=1S/C12H18.2C2H6/c1-3-5-8-12-10-7-6-9-11(12)4-2;2*1-2/h6-7,9-10H,3-5,8H2,1-2H3;2*1-2H3. The van der Waals surface area contributed by atoms with Crippen molar-refractivity contribution in [3.05, 3.63) is 35.4 Å². The molecule has 0 amide bonds. The number of hydrogen-bond acceptors (Lipinski definition) is 0. The van der Waals surface area contributed by atoms with Gasteiger partial charge >= 0.3 is 0 Å². The molecule has 0 bridgehead atoms. The normalized spacial score (nSPS) is 8.38. The van der Waals surface area contributed by atoms with Gasteiger partial charge < -0.3 is 0 Å². The first-order chi connectivity index (χ1) is 7.88. The van der Waals surface area contributed by atoms with Gasteiger partial charge in [-0.15, -0.1) is 0 Å². The zero-order valence-electron chi connectivity index (χ0n) is 12.1. The molecule has 0 saturated heterocycles. The van der Waals surface area contributed by atoms with Crippen molar-refractivity contribution in [1.82, 2.24) is 0 Å². The molecule has 0 fully saturated rings. The molecule has 0 aliphatic carbocycles. The third-order valence-electron chi connectivity index (χ3n) is 2.30. The molecule has 0 radical (unpaired) electrons. The zero-order chi connectivity index (χ0) is 12.8. The molecule has 94 valence electrons. The molecule has 1 rings (SSSR count). The van der Waals surface area contributed by atoms with Crippen molar-refractivity contribution in [3.8, 4) is 0 Å². The van der Waals surface area contributed by atoms with Crippen molar-refractivity contribution < 1.29 is 0 Å². The van der Waals surface area contributed by atoms with Crippen molar-refractivity contribution in [3.63, 3.8) is 0 Å². The number of unbranched alkanes of at least 4 members (excludes halogenated alkanes) is 1. The number of benzene rings is 1. The summed E-state index contributed by atoms with van der Waals surface area (Å²) in [6.07, 6.45) is 5.02. The fourth-order valence-corrected chi connectivity index (χ4v) is 1.51. The summed E-state index contributed by atoms with van der Waals surface area (Å²) in [4.78, 5) is 0. The zero-order valence-corrected chi connectivity index (χ0v) is 12.1. The summed E-state index contributed by atoms with van der Waals surface area (Å²) < 4.78 is 0. The van der Waals surface area contributed by atoms with E-state index < -0.39 is 0 Å². The van der Waals surface area contributed by atoms with Gasteiger partial charge in [0.1, 0.15) is 0 Å². The average molecular weight is 222 g/mol. The van der Waals surface area contributed by atoms with Crippen molar-refractivity contribution in [2.45, 2.75) is 67.2 Å². The maximum absolute atomic E-state index is 2.26. The second-order valence-electron chi connectivity index (χ2n) is 3.23. The van der Waals surface area contributed by atoms with Crippen LogP contribution in [0, 0.1) is 0 Å². The van der Waals surface area contributed by atoms with Crippen LogP contribution in [0.25, 0.3) is 0 Å². The molecule has 0 spiro atoms. The Morgan fingerprint density at radius 3 is 1.75 bits per heavy atom. The van der Waals surface area contributed by atoms with Gasteiger partial charge in [-0.05, 0) is 30.4 Å². The van der Waals surface area contributed by atoms with Crippen LogP contribution < -0.4 is 0 Å². The van der Waals surface area contributed by atoms with Crippen LogP contribution in [0.4, 0.5) is 0 Å². The largest absolute Gasteiger partial charge is 0.0683 e. The molecule has 0 N–H and O–H groups in total. The maximum Gasteiger partial charge on any atom is -0.0276 e. The summed E-state index contributed by atoms with van der Waals surface area (Å²) in [5.41, 5.74) is 3.06. The summed E-state index contributed by atoms with van der Waals surface area (Å²) in [7, 11) is 0. The van der Waals surface area contributed by atoms with Gasteiger partial charge in [0.15, 0.2) is 0 Å². The second kappa shape index (κ2) is 14.2. The van der Waals surface area contributed by atoms with Crippen LogP contribution in [0.5, 0.6) is 0 Å². The van der Waals surface area contributed by atoms with E-state index >= 15 is 0 Å². The van der Waals surface area contributed by atoms with Gasteiger partial charge in [0, 0.05) is 0 Å². The fraction of sp³-hybridized carbons (Fsp3) is 0.625. The van der Waals surface area contributed by atoms with Crippen molar-refractivity contribution in [2.75, 3.05) is 0 Å². The van der Waals surface area contributed by atoms with E-state index in [2.05, 4.69) is 38.1 Å². The first-order valence-corrected chi connectivity index (χ1v) is 6.95. The lowest BCUT2D eigenvalue weighted by molar-refractivity contribution is 0.787. The predicted molar refractivity (Wildman–Crippen MR) is 77.1 cm³/mol. The molecule has 0 aromatic heterocycles. The molecule has 0 nitrogen and oxygen atoms in total. The third-order valence-corrected chi connectivity index (χ3v) is 2.30. The van der Waals surface area contributed by atoms with Gasteiger partial charge in [0.05, 0.1) is 0 Å². The highest BCUT2D eigenvalue weighted by molar-refractivity contribution is 5.26. The highest BCUT2D eigenvalue weighted by Crippen LogP contribution is 2.12. The Kier molecular flexibility index (Phi) is 15.7. The molecule has 16 heavy (non-hydrogen) atoms. The van der Waals surface area contributed by atoms with Crippen LogP contribution >= 0.6 is 0 Å². The van der Waals surface area contributed by atoms with E-state index in [0.29, 0.717) is 0 Å². The van der Waals surface area contributed by atoms with Crippen LogP contribution in [-0.2, 0) is 12.8 Å². The number of hydrogen-bond donors (Lipinski definition) is 0. The molecular weight excluding hydrogens is 192 g/mol. The molecular formula is C16H30. The minimum atomic E-state index is 1.17. The predicted octanol–water partition coefficient (Wildman–Crippen LogP) is 5.64. The summed E-state index contributed by atoms with van der Waals surface area (Å²) in [5, 5.41) is 0. The first kappa shape index (κ1) is 17.6. The molecule has 0 unspecified atom stereocenters. The molecule has 0 aliphatic heterocycles. The topological polar surface area (TPSA) is 0 Å². The van der Waals surface area contributed by atoms with Gasteiger partial charge in [0.25, 0.3) is 0 Å². The fourth-order valence-electron chi connectivity index (χ4n) is 1.51. The summed E-state index contributed by atoms with van der Waals surface area (Å²) in [5.74, 6) is 0. The van der Waals surface area contributed by atoms with E-state index in [-0.39, 0.29) is 0 Å². The Balaban J connectivity index is 0. The van der Waals surface area contributed by atoms with Crippen LogP contribution in [0.15, 0.2) is 24.3 Å². The minimum absolute atomic E-state index is 1.17. The first-order valence-electron chi connectivity index (χ1n) is 6.95. The Morgan fingerprint density at radius 1 is 0.812 bits per heavy atom. The smallest absolute Gasteiger partial charge is 0.0276 e. The highest BCUT2D eigenvalue weighted by atomic mass is 14.0. The van der Waals surface area contributed by atoms with Crippen molar-refractivity contribution >= 4 is 0 Å². The van der Waals surface area contributed by atoms with Gasteiger partial charge in [-0.25, -0.2) is 0 Å². The molecule has 1 aromatic rings. The van der Waals surface area contributed by atoms with Crippen LogP contribution in [0.3, 0.4) is 0 Å². The van der Waals surface area contributed by atoms with Crippen LogP contribution in [-0.4, -0.2) is 0 Å². The number of aryl methyl sites for hydroxylation is 2. The Hall–Kier alpha value is -0.780. The van der Waals surface area contributed by atoms with Crippen molar-refractivity contribution in [2.24, 2.45) is 0 Å². The van der Waals surface area contributed by atoms with E-state index in [1.165, 1.54) is 31.2 Å². The van der Waals surface area contributed by atoms with Crippen LogP contribution in [0.2, 0.25) is 0 Å². The Morgan fingerprint density at radius 2 is 1.31 bits per heavy atom. The summed E-state index contributed by atoms with van der Waals surface area (Å²) >= 11 is 0. The van der Waals surface area contributed by atoms with Gasteiger partial charge in [0.2, 0.25) is 0 Å². The summed E-state index contributed by atoms with van der Waals surface area (Å²) in [6, 6.07) is 8.78. The van der Waals surface area contributed by atoms with E-state index in [4.69, 9.17) is 0 Å². The molecule has 0 saturated carbocycles. The highest BCUT2D eigenvalue weighted by Gasteiger charge is 1.97. The lowest BCUT2D eigenvalue weighted by atomic mass is 10.0. The van der Waals surface area contributed by atoms with E-state index in [0.717, 1.165) is 0 Å². The van der Waals surface area contributed by atoms with Gasteiger partial charge in [-0.1, -0.05) is 72.2 Å². The second-order valence-corrected chi connectivity index (χ2v) is 3.23. The maximum atomic E-state index is 2.26. The van der Waals surface area contributed by atoms with E-state index in [1.807, 2.05) is 27.7 Å². The van der Waals surface area contributed by atoms with E-state index in [9.17, 15) is 0 Å². The lowest BCUT2D eigenvalue weighted by Crippen LogP contribution is -1.91. The molecule has 0 heterocycles. The van der Waals surface area contributed by atoms with Crippen molar-refractivity contribution in [1.29, 1.82) is 0 Å². The Labute approximate surface area is 103 Å². The van der Waals surface area contributed by atoms with E-state index in [1.54, 1.807) is 5.56 Å². The number of rotatable bonds is 4. The SMILES string of the molecule is CC.CC.CCCCc1ccccc1CC. The van der Waals surface area contributed by atoms with Gasteiger partial charge in [-0.2, -0.15) is 0 Å². The van der Waals surface area contributed by atoms with Crippen LogP contribution in [0.1, 0.15) is 65.5 Å².